The molecule has 16 heavy (non-hydrogen) atoms. The average Bonchev–Trinajstić information content (AvgIpc) is 2.78. The van der Waals surface area contributed by atoms with Gasteiger partial charge in [0.1, 0.15) is 10.8 Å². The zero-order chi connectivity index (χ0) is 11.6. The fourth-order valence-corrected chi connectivity index (χ4v) is 2.02. The first-order valence-corrected chi connectivity index (χ1v) is 5.29. The summed E-state index contributed by atoms with van der Waals surface area (Å²) in [6, 6.07) is 5.28. The van der Waals surface area contributed by atoms with Crippen molar-refractivity contribution in [3.63, 3.8) is 0 Å². The van der Waals surface area contributed by atoms with Crippen LogP contribution in [0.15, 0.2) is 12.1 Å². The number of nitrogens with zero attached hydrogens (tertiary/aromatic N) is 2. The van der Waals surface area contributed by atoms with Gasteiger partial charge >= 0.3 is 0 Å². The average molecular weight is 239 g/mol. The molecule has 0 radical (unpaired) electrons. The highest BCUT2D eigenvalue weighted by Crippen LogP contribution is 2.33. The third kappa shape index (κ3) is 1.90. The predicted octanol–water partition coefficient (Wildman–Crippen LogP) is 1.87. The zero-order valence-electron chi connectivity index (χ0n) is 8.86. The van der Waals surface area contributed by atoms with E-state index in [0.717, 1.165) is 6.42 Å². The Morgan fingerprint density at radius 2 is 2.44 bits per heavy atom. The van der Waals surface area contributed by atoms with E-state index in [9.17, 15) is 0 Å². The summed E-state index contributed by atoms with van der Waals surface area (Å²) in [6.07, 6.45) is 0.724. The lowest BCUT2D eigenvalue weighted by molar-refractivity contribution is -0.0246. The lowest BCUT2D eigenvalue weighted by Crippen LogP contribution is -2.30. The van der Waals surface area contributed by atoms with Crippen LogP contribution >= 0.6 is 11.6 Å². The van der Waals surface area contributed by atoms with Crippen molar-refractivity contribution in [1.82, 2.24) is 4.98 Å². The number of hydrogen-bond acceptors (Lipinski definition) is 4. The number of rotatable bonds is 2. The van der Waals surface area contributed by atoms with Gasteiger partial charge < -0.3 is 9.47 Å². The first kappa shape index (κ1) is 11.3. The maximum atomic E-state index is 8.88. The quantitative estimate of drug-likeness (QED) is 0.738. The van der Waals surface area contributed by atoms with Gasteiger partial charge in [0.15, 0.2) is 0 Å². The largest absolute Gasteiger partial charge is 0.378 e. The molecule has 1 aromatic heterocycles. The molecular weight excluding hydrogens is 228 g/mol. The molecule has 0 N–H and O–H groups in total. The minimum atomic E-state index is -0.559. The molecule has 0 saturated carbocycles. The van der Waals surface area contributed by atoms with E-state index < -0.39 is 5.60 Å². The van der Waals surface area contributed by atoms with Crippen LogP contribution in [0.1, 0.15) is 17.7 Å². The van der Waals surface area contributed by atoms with Gasteiger partial charge in [0.2, 0.25) is 0 Å². The Morgan fingerprint density at radius 3 is 3.00 bits per heavy atom. The molecule has 1 saturated heterocycles. The summed E-state index contributed by atoms with van der Waals surface area (Å²) in [5, 5.41) is 9.18. The molecule has 0 aliphatic carbocycles. The van der Waals surface area contributed by atoms with Crippen LogP contribution in [0.2, 0.25) is 5.15 Å². The van der Waals surface area contributed by atoms with Gasteiger partial charge in [0.25, 0.3) is 0 Å². The summed E-state index contributed by atoms with van der Waals surface area (Å²) in [5.74, 6) is 0. The SMILES string of the molecule is CO[C@@]1(c2cc(C#N)cc(Cl)n2)CCOC1. The second-order valence-corrected chi connectivity index (χ2v) is 4.06. The lowest BCUT2D eigenvalue weighted by atomic mass is 9.97. The number of ether oxygens (including phenoxy) is 2. The van der Waals surface area contributed by atoms with Crippen molar-refractivity contribution < 1.29 is 9.47 Å². The Labute approximate surface area is 98.8 Å². The molecule has 0 unspecified atom stereocenters. The van der Waals surface area contributed by atoms with Crippen LogP contribution < -0.4 is 0 Å². The van der Waals surface area contributed by atoms with Gasteiger partial charge in [0, 0.05) is 20.1 Å². The van der Waals surface area contributed by atoms with Crippen LogP contribution in [-0.2, 0) is 15.1 Å². The van der Waals surface area contributed by atoms with Gasteiger partial charge in [-0.2, -0.15) is 5.26 Å². The Balaban J connectivity index is 2.46. The van der Waals surface area contributed by atoms with Gasteiger partial charge in [-0.1, -0.05) is 11.6 Å². The topological polar surface area (TPSA) is 55.1 Å². The van der Waals surface area contributed by atoms with Crippen LogP contribution in [0.3, 0.4) is 0 Å². The fraction of sp³-hybridized carbons (Fsp3) is 0.455. The zero-order valence-corrected chi connectivity index (χ0v) is 9.62. The molecule has 1 atom stereocenters. The molecule has 0 spiro atoms. The number of nitriles is 1. The summed E-state index contributed by atoms with van der Waals surface area (Å²) < 4.78 is 10.8. The second kappa shape index (κ2) is 4.38. The van der Waals surface area contributed by atoms with E-state index in [1.54, 1.807) is 13.2 Å². The highest BCUT2D eigenvalue weighted by molar-refractivity contribution is 6.29. The molecule has 5 heteroatoms. The molecule has 2 heterocycles. The standard InChI is InChI=1S/C11H11ClN2O2/c1-15-11(2-3-16-7-11)9-4-8(6-13)5-10(12)14-9/h4-5H,2-3,7H2,1H3/t11-/m0/s1. The van der Waals surface area contributed by atoms with E-state index >= 15 is 0 Å². The molecule has 4 nitrogen and oxygen atoms in total. The van der Waals surface area contributed by atoms with E-state index in [4.69, 9.17) is 26.3 Å². The van der Waals surface area contributed by atoms with Gasteiger partial charge in [-0.05, 0) is 12.1 Å². The second-order valence-electron chi connectivity index (χ2n) is 3.68. The summed E-state index contributed by atoms with van der Waals surface area (Å²) in [7, 11) is 1.61. The normalized spacial score (nSPS) is 24.3. The van der Waals surface area contributed by atoms with Gasteiger partial charge in [-0.3, -0.25) is 0 Å². The number of aromatic nitrogens is 1. The van der Waals surface area contributed by atoms with E-state index in [2.05, 4.69) is 11.1 Å². The van der Waals surface area contributed by atoms with Crippen molar-refractivity contribution in [3.05, 3.63) is 28.5 Å². The Kier molecular flexibility index (Phi) is 3.10. The van der Waals surface area contributed by atoms with Crippen LogP contribution in [0.4, 0.5) is 0 Å². The maximum Gasteiger partial charge on any atom is 0.135 e. The Bertz CT molecular complexity index is 436. The number of hydrogen-bond donors (Lipinski definition) is 0. The first-order valence-electron chi connectivity index (χ1n) is 4.91. The third-order valence-electron chi connectivity index (χ3n) is 2.77. The van der Waals surface area contributed by atoms with E-state index in [1.807, 2.05) is 0 Å². The van der Waals surface area contributed by atoms with Crippen LogP contribution in [0.25, 0.3) is 0 Å². The van der Waals surface area contributed by atoms with Crippen molar-refractivity contribution in [1.29, 1.82) is 5.26 Å². The predicted molar refractivity (Wildman–Crippen MR) is 58.1 cm³/mol. The Hall–Kier alpha value is -1.15. The summed E-state index contributed by atoms with van der Waals surface area (Å²) in [6.45, 7) is 1.08. The fourth-order valence-electron chi connectivity index (χ4n) is 1.81. The van der Waals surface area contributed by atoms with E-state index in [-0.39, 0.29) is 0 Å². The molecule has 0 bridgehead atoms. The van der Waals surface area contributed by atoms with Crippen molar-refractivity contribution >= 4 is 11.6 Å². The first-order chi connectivity index (χ1) is 7.70. The molecule has 1 aromatic rings. The monoisotopic (exact) mass is 238 g/mol. The highest BCUT2D eigenvalue weighted by Gasteiger charge is 2.38. The molecular formula is C11H11ClN2O2. The van der Waals surface area contributed by atoms with Crippen molar-refractivity contribution in [3.8, 4) is 6.07 Å². The lowest BCUT2D eigenvalue weighted by Gasteiger charge is -2.25. The summed E-state index contributed by atoms with van der Waals surface area (Å²) in [5.41, 5.74) is 0.589. The van der Waals surface area contributed by atoms with Gasteiger partial charge in [-0.15, -0.1) is 0 Å². The molecule has 1 aliphatic heterocycles. The highest BCUT2D eigenvalue weighted by atomic mass is 35.5. The van der Waals surface area contributed by atoms with Crippen molar-refractivity contribution in [2.24, 2.45) is 0 Å². The molecule has 84 valence electrons. The Morgan fingerprint density at radius 1 is 1.62 bits per heavy atom. The number of pyridine rings is 1. The van der Waals surface area contributed by atoms with Crippen LogP contribution in [0, 0.1) is 11.3 Å². The van der Waals surface area contributed by atoms with Crippen LogP contribution in [0.5, 0.6) is 0 Å². The van der Waals surface area contributed by atoms with Crippen LogP contribution in [-0.4, -0.2) is 25.3 Å². The molecule has 2 rings (SSSR count). The summed E-state index contributed by atoms with van der Waals surface area (Å²) in [4.78, 5) is 4.22. The summed E-state index contributed by atoms with van der Waals surface area (Å²) >= 11 is 5.87. The third-order valence-corrected chi connectivity index (χ3v) is 2.96. The number of halogens is 1. The molecule has 1 fully saturated rings. The number of methoxy groups -OCH3 is 1. The van der Waals surface area contributed by atoms with E-state index in [1.165, 1.54) is 6.07 Å². The minimum Gasteiger partial charge on any atom is -0.378 e. The van der Waals surface area contributed by atoms with Crippen molar-refractivity contribution in [2.75, 3.05) is 20.3 Å². The molecule has 0 aromatic carbocycles. The molecule has 0 amide bonds. The minimum absolute atomic E-state index is 0.303. The van der Waals surface area contributed by atoms with Gasteiger partial charge in [-0.25, -0.2) is 4.98 Å². The smallest absolute Gasteiger partial charge is 0.135 e. The van der Waals surface area contributed by atoms with Gasteiger partial charge in [0.05, 0.1) is 23.9 Å². The van der Waals surface area contributed by atoms with E-state index in [0.29, 0.717) is 29.6 Å². The molecule has 1 aliphatic rings. The maximum absolute atomic E-state index is 8.88. The van der Waals surface area contributed by atoms with Crippen molar-refractivity contribution in [2.45, 2.75) is 12.0 Å².